The van der Waals surface area contributed by atoms with E-state index < -0.39 is 15.6 Å². The van der Waals surface area contributed by atoms with E-state index in [0.29, 0.717) is 0 Å². The zero-order valence-corrected chi connectivity index (χ0v) is 11.9. The molecular weight excluding hydrogens is 528 g/mol. The Bertz CT molecular complexity index is 161. The number of hydrogen-bond acceptors (Lipinski definition) is 0. The summed E-state index contributed by atoms with van der Waals surface area (Å²) >= 11 is 0. The van der Waals surface area contributed by atoms with Gasteiger partial charge in [-0.3, -0.25) is 0 Å². The van der Waals surface area contributed by atoms with Crippen LogP contribution in [0.2, 0.25) is 0 Å². The van der Waals surface area contributed by atoms with Crippen molar-refractivity contribution in [2.75, 3.05) is 0 Å². The first-order valence-corrected chi connectivity index (χ1v) is 6.09. The SMILES string of the molecule is F[P-](F)(F)(F)(F)F.F[P-](F)(F)(F)(F)F.[U+2]. The molecule has 0 atom stereocenters. The van der Waals surface area contributed by atoms with Gasteiger partial charge in [-0.05, 0) is 0 Å². The Morgan fingerprint density at radius 2 is 0.333 bits per heavy atom. The molecule has 0 radical (unpaired) electrons. The van der Waals surface area contributed by atoms with Crippen LogP contribution in [0.5, 0.6) is 0 Å². The second-order valence-corrected chi connectivity index (χ2v) is 5.75. The zero-order valence-electron chi connectivity index (χ0n) is 5.93. The zero-order chi connectivity index (χ0) is 12.8. The average Bonchev–Trinajstić information content (AvgIpc) is 0.938. The number of halogens is 12. The van der Waals surface area contributed by atoms with Crippen LogP contribution in [0.3, 0.4) is 0 Å². The summed E-state index contributed by atoms with van der Waals surface area (Å²) in [5, 5.41) is 0. The molecule has 98 valence electrons. The second-order valence-electron chi connectivity index (χ2n) is 1.92. The monoisotopic (exact) mass is 528 g/mol. The van der Waals surface area contributed by atoms with Gasteiger partial charge in [0, 0.05) is 0 Å². The van der Waals surface area contributed by atoms with Gasteiger partial charge in [-0.25, -0.2) is 0 Å². The fourth-order valence-corrected chi connectivity index (χ4v) is 0. The molecule has 0 amide bonds. The summed E-state index contributed by atoms with van der Waals surface area (Å²) in [6.45, 7) is 0. The standard InChI is InChI=1S/2F6P.U/c2*1-7(2,3,4,5)6;/q2*-1;+2. The van der Waals surface area contributed by atoms with Gasteiger partial charge < -0.3 is 0 Å². The third-order valence-electron chi connectivity index (χ3n) is 0. The van der Waals surface area contributed by atoms with Gasteiger partial charge in [0.1, 0.15) is 0 Å². The molecule has 0 aliphatic heterocycles. The van der Waals surface area contributed by atoms with Gasteiger partial charge in [0.15, 0.2) is 0 Å². The van der Waals surface area contributed by atoms with Crippen molar-refractivity contribution >= 4 is 15.6 Å². The Labute approximate surface area is 97.2 Å². The van der Waals surface area contributed by atoms with Gasteiger partial charge in [-0.15, -0.1) is 0 Å². The van der Waals surface area contributed by atoms with Crippen LogP contribution in [0.1, 0.15) is 0 Å². The molecule has 0 aliphatic carbocycles. The molecule has 0 fully saturated rings. The Balaban J connectivity index is -0.000000180. The first-order valence-electron chi connectivity index (χ1n) is 2.03. The van der Waals surface area contributed by atoms with E-state index in [1.165, 1.54) is 0 Å². The minimum absolute atomic E-state index is 0. The molecule has 0 aromatic rings. The summed E-state index contributed by atoms with van der Waals surface area (Å²) in [6, 6.07) is 0. The molecule has 0 unspecified atom stereocenters. The summed E-state index contributed by atoms with van der Waals surface area (Å²) < 4.78 is 118. The molecule has 0 spiro atoms. The van der Waals surface area contributed by atoms with Gasteiger partial charge in [-0.2, -0.15) is 0 Å². The van der Waals surface area contributed by atoms with Crippen molar-refractivity contribution in [3.8, 4) is 0 Å². The number of hydrogen-bond donors (Lipinski definition) is 0. The first kappa shape index (κ1) is 21.4. The van der Waals surface area contributed by atoms with Gasteiger partial charge in [0.05, 0.1) is 0 Å². The van der Waals surface area contributed by atoms with E-state index >= 15 is 0 Å². The van der Waals surface area contributed by atoms with E-state index in [9.17, 15) is 50.4 Å². The van der Waals surface area contributed by atoms with Crippen LogP contribution in [0.15, 0.2) is 0 Å². The van der Waals surface area contributed by atoms with Gasteiger partial charge in [0.25, 0.3) is 0 Å². The van der Waals surface area contributed by atoms with Crippen LogP contribution in [-0.2, 0) is 0 Å². The molecule has 0 heterocycles. The molecule has 0 aromatic heterocycles. The third kappa shape index (κ3) is 2240. The summed E-state index contributed by atoms with van der Waals surface area (Å²) in [4.78, 5) is 0. The van der Waals surface area contributed by atoms with Gasteiger partial charge in [-0.1, -0.05) is 0 Å². The van der Waals surface area contributed by atoms with Crippen molar-refractivity contribution in [3.63, 3.8) is 0 Å². The maximum absolute atomic E-state index is 10.7. The average molecular weight is 528 g/mol. The minimum atomic E-state index is -10.7. The van der Waals surface area contributed by atoms with E-state index in [0.717, 1.165) is 0 Å². The van der Waals surface area contributed by atoms with Crippen LogP contribution in [0, 0.1) is 31.1 Å². The van der Waals surface area contributed by atoms with Crippen LogP contribution < -0.4 is 0 Å². The van der Waals surface area contributed by atoms with E-state index in [4.69, 9.17) is 0 Å². The molecule has 0 nitrogen and oxygen atoms in total. The van der Waals surface area contributed by atoms with Crippen LogP contribution in [-0.4, -0.2) is 0 Å². The molecule has 0 rings (SSSR count). The Morgan fingerprint density at radius 3 is 0.333 bits per heavy atom. The van der Waals surface area contributed by atoms with E-state index in [-0.39, 0.29) is 31.1 Å². The fraction of sp³-hybridized carbons (Fsp3) is 0. The molecule has 15 heteroatoms. The van der Waals surface area contributed by atoms with Crippen molar-refractivity contribution < 1.29 is 81.5 Å². The van der Waals surface area contributed by atoms with Crippen molar-refractivity contribution in [1.29, 1.82) is 0 Å². The molecule has 0 aromatic carbocycles. The molecule has 15 heavy (non-hydrogen) atoms. The van der Waals surface area contributed by atoms with Crippen LogP contribution >= 0.6 is 15.6 Å². The largest absolute Gasteiger partial charge is 2.00 e. The second kappa shape index (κ2) is 3.09. The Hall–Kier alpha value is 1.07. The van der Waals surface area contributed by atoms with Gasteiger partial charge >= 0.3 is 97.1 Å². The molecule has 0 saturated heterocycles. The predicted molar refractivity (Wildman–Crippen MR) is 27.1 cm³/mol. The Kier molecular flexibility index (Phi) is 4.40. The maximum Gasteiger partial charge on any atom is 2.00 e. The first-order chi connectivity index (χ1) is 4.90. The topological polar surface area (TPSA) is 0 Å². The van der Waals surface area contributed by atoms with Crippen molar-refractivity contribution in [1.82, 2.24) is 0 Å². The normalized spacial score (nSPS) is 21.6. The Morgan fingerprint density at radius 1 is 0.333 bits per heavy atom. The van der Waals surface area contributed by atoms with Crippen LogP contribution in [0.4, 0.5) is 50.4 Å². The fourth-order valence-electron chi connectivity index (χ4n) is 0. The molecule has 0 bridgehead atoms. The van der Waals surface area contributed by atoms with Crippen molar-refractivity contribution in [3.05, 3.63) is 0 Å². The van der Waals surface area contributed by atoms with Crippen molar-refractivity contribution in [2.45, 2.75) is 0 Å². The summed E-state index contributed by atoms with van der Waals surface area (Å²) in [5.41, 5.74) is 0. The quantitative estimate of drug-likeness (QED) is 0.241. The smallest absolute Gasteiger partial charge is 2.00 e. The van der Waals surface area contributed by atoms with Crippen LogP contribution in [0.25, 0.3) is 0 Å². The molecule has 0 N–H and O–H groups in total. The predicted octanol–water partition coefficient (Wildman–Crippen LogP) is 6.76. The molecular formula is F12P2U. The summed E-state index contributed by atoms with van der Waals surface area (Å²) in [7, 11) is -21.3. The molecule has 0 aliphatic rings. The summed E-state index contributed by atoms with van der Waals surface area (Å²) in [5.74, 6) is 0. The molecule has 0 saturated carbocycles. The van der Waals surface area contributed by atoms with E-state index in [2.05, 4.69) is 0 Å². The summed E-state index contributed by atoms with van der Waals surface area (Å²) in [6.07, 6.45) is 0. The maximum atomic E-state index is 9.87. The van der Waals surface area contributed by atoms with Gasteiger partial charge in [0.2, 0.25) is 0 Å². The van der Waals surface area contributed by atoms with E-state index in [1.807, 2.05) is 0 Å². The third-order valence-corrected chi connectivity index (χ3v) is 0. The van der Waals surface area contributed by atoms with E-state index in [1.54, 1.807) is 0 Å². The minimum Gasteiger partial charge on any atom is 2.00 e. The van der Waals surface area contributed by atoms with Crippen molar-refractivity contribution in [2.24, 2.45) is 0 Å². The number of rotatable bonds is 0.